The predicted octanol–water partition coefficient (Wildman–Crippen LogP) is 1.20. The van der Waals surface area contributed by atoms with E-state index in [4.69, 9.17) is 15.7 Å². The van der Waals surface area contributed by atoms with Crippen LogP contribution in [0.15, 0.2) is 29.4 Å². The van der Waals surface area contributed by atoms with Gasteiger partial charge in [0, 0.05) is 19.6 Å². The number of nitrogens with two attached hydrogens (primary N) is 1. The second kappa shape index (κ2) is 6.54. The predicted molar refractivity (Wildman–Crippen MR) is 74.2 cm³/mol. The fourth-order valence-corrected chi connectivity index (χ4v) is 2.23. The van der Waals surface area contributed by atoms with Crippen LogP contribution < -0.4 is 5.73 Å². The number of amidine groups is 1. The van der Waals surface area contributed by atoms with Gasteiger partial charge in [0.15, 0.2) is 5.84 Å². The van der Waals surface area contributed by atoms with E-state index in [1.54, 1.807) is 0 Å². The van der Waals surface area contributed by atoms with Crippen molar-refractivity contribution in [2.24, 2.45) is 10.9 Å². The van der Waals surface area contributed by atoms with E-state index in [1.165, 1.54) is 11.1 Å². The topological polar surface area (TPSA) is 71.1 Å². The first-order valence-electron chi connectivity index (χ1n) is 6.62. The summed E-state index contributed by atoms with van der Waals surface area (Å²) < 4.78 is 5.48. The summed E-state index contributed by atoms with van der Waals surface area (Å²) in [6.07, 6.45) is 0.748. The highest BCUT2D eigenvalue weighted by atomic mass is 16.5. The Balaban J connectivity index is 1.94. The zero-order chi connectivity index (χ0) is 13.7. The molecule has 1 aromatic rings. The zero-order valence-electron chi connectivity index (χ0n) is 11.2. The van der Waals surface area contributed by atoms with Crippen LogP contribution in [-0.4, -0.2) is 41.7 Å². The van der Waals surface area contributed by atoms with Crippen LogP contribution in [-0.2, 0) is 17.7 Å². The Morgan fingerprint density at radius 1 is 1.42 bits per heavy atom. The molecular weight excluding hydrogens is 242 g/mol. The second-order valence-electron chi connectivity index (χ2n) is 4.79. The number of nitrogens with zero attached hydrogens (tertiary/aromatic N) is 2. The molecule has 1 heterocycles. The lowest BCUT2D eigenvalue weighted by Gasteiger charge is -2.32. The molecule has 1 unspecified atom stereocenters. The van der Waals surface area contributed by atoms with E-state index in [-0.39, 0.29) is 11.9 Å². The molecule has 1 aliphatic rings. The van der Waals surface area contributed by atoms with Crippen LogP contribution in [0.2, 0.25) is 0 Å². The number of morpholine rings is 1. The van der Waals surface area contributed by atoms with Crippen molar-refractivity contribution < 1.29 is 9.94 Å². The van der Waals surface area contributed by atoms with Gasteiger partial charge in [0.05, 0.1) is 6.61 Å². The number of ether oxygens (including phenoxy) is 1. The highest BCUT2D eigenvalue weighted by molar-refractivity contribution is 5.84. The summed E-state index contributed by atoms with van der Waals surface area (Å²) in [7, 11) is 0. The van der Waals surface area contributed by atoms with Crippen molar-refractivity contribution in [1.29, 1.82) is 0 Å². The normalized spacial score (nSPS) is 21.5. The van der Waals surface area contributed by atoms with Gasteiger partial charge in [-0.1, -0.05) is 36.3 Å². The molecule has 5 heteroatoms. The smallest absolute Gasteiger partial charge is 0.169 e. The largest absolute Gasteiger partial charge is 0.409 e. The molecule has 0 aliphatic carbocycles. The van der Waals surface area contributed by atoms with Crippen LogP contribution in [0.5, 0.6) is 0 Å². The van der Waals surface area contributed by atoms with Crippen molar-refractivity contribution in [2.45, 2.75) is 26.0 Å². The Labute approximate surface area is 113 Å². The molecule has 0 saturated carbocycles. The molecule has 0 radical (unpaired) electrons. The zero-order valence-corrected chi connectivity index (χ0v) is 11.2. The molecule has 1 aromatic carbocycles. The number of benzene rings is 1. The van der Waals surface area contributed by atoms with Gasteiger partial charge in [0.2, 0.25) is 0 Å². The van der Waals surface area contributed by atoms with Crippen molar-refractivity contribution in [1.82, 2.24) is 4.90 Å². The molecule has 2 rings (SSSR count). The van der Waals surface area contributed by atoms with Gasteiger partial charge >= 0.3 is 0 Å². The molecule has 0 bridgehead atoms. The molecule has 3 N–H and O–H groups in total. The van der Waals surface area contributed by atoms with Crippen LogP contribution in [0, 0.1) is 0 Å². The number of oxime groups is 1. The van der Waals surface area contributed by atoms with Crippen LogP contribution in [0.1, 0.15) is 18.1 Å². The maximum Gasteiger partial charge on any atom is 0.169 e. The molecule has 104 valence electrons. The molecule has 5 nitrogen and oxygen atoms in total. The monoisotopic (exact) mass is 263 g/mol. The second-order valence-corrected chi connectivity index (χ2v) is 4.79. The van der Waals surface area contributed by atoms with E-state index < -0.39 is 0 Å². The standard InChI is InChI=1S/C14H21N3O2/c1-2-11-3-5-12(6-4-11)9-17-7-8-19-13(10-17)14(15)16-18/h3-6,13,18H,2,7-10H2,1H3,(H2,15,16). The van der Waals surface area contributed by atoms with E-state index in [0.29, 0.717) is 13.2 Å². The van der Waals surface area contributed by atoms with Gasteiger partial charge in [0.25, 0.3) is 0 Å². The van der Waals surface area contributed by atoms with E-state index in [9.17, 15) is 0 Å². The summed E-state index contributed by atoms with van der Waals surface area (Å²) in [5.74, 6) is 0.144. The van der Waals surface area contributed by atoms with Gasteiger partial charge in [-0.15, -0.1) is 0 Å². The lowest BCUT2D eigenvalue weighted by atomic mass is 10.1. The molecule has 1 aliphatic heterocycles. The summed E-state index contributed by atoms with van der Waals surface area (Å²) in [6, 6.07) is 8.65. The van der Waals surface area contributed by atoms with E-state index in [2.05, 4.69) is 41.2 Å². The van der Waals surface area contributed by atoms with E-state index in [1.807, 2.05) is 0 Å². The Morgan fingerprint density at radius 2 is 2.11 bits per heavy atom. The minimum absolute atomic E-state index is 0.144. The van der Waals surface area contributed by atoms with Gasteiger partial charge in [-0.3, -0.25) is 4.90 Å². The summed E-state index contributed by atoms with van der Waals surface area (Å²) in [4.78, 5) is 2.26. The maximum atomic E-state index is 8.69. The highest BCUT2D eigenvalue weighted by Crippen LogP contribution is 2.12. The Bertz CT molecular complexity index is 431. The number of aryl methyl sites for hydroxylation is 1. The summed E-state index contributed by atoms with van der Waals surface area (Å²) >= 11 is 0. The van der Waals surface area contributed by atoms with Crippen molar-refractivity contribution in [3.8, 4) is 0 Å². The lowest BCUT2D eigenvalue weighted by molar-refractivity contribution is 0.00141. The fraction of sp³-hybridized carbons (Fsp3) is 0.500. The third-order valence-corrected chi connectivity index (χ3v) is 3.43. The van der Waals surface area contributed by atoms with Crippen LogP contribution in [0.3, 0.4) is 0 Å². The van der Waals surface area contributed by atoms with Crippen molar-refractivity contribution in [2.75, 3.05) is 19.7 Å². The first-order valence-corrected chi connectivity index (χ1v) is 6.62. The van der Waals surface area contributed by atoms with Gasteiger partial charge in [-0.05, 0) is 17.5 Å². The average molecular weight is 263 g/mol. The van der Waals surface area contributed by atoms with Gasteiger partial charge in [-0.25, -0.2) is 0 Å². The minimum atomic E-state index is -0.311. The van der Waals surface area contributed by atoms with E-state index >= 15 is 0 Å². The quantitative estimate of drug-likeness (QED) is 0.370. The number of rotatable bonds is 4. The van der Waals surface area contributed by atoms with Gasteiger partial charge in [0.1, 0.15) is 6.10 Å². The Hall–Kier alpha value is -1.59. The molecule has 19 heavy (non-hydrogen) atoms. The van der Waals surface area contributed by atoms with Crippen molar-refractivity contribution >= 4 is 5.84 Å². The first-order chi connectivity index (χ1) is 9.22. The molecule has 1 atom stereocenters. The van der Waals surface area contributed by atoms with Gasteiger partial charge in [-0.2, -0.15) is 0 Å². The minimum Gasteiger partial charge on any atom is -0.409 e. The van der Waals surface area contributed by atoms with Crippen LogP contribution in [0.25, 0.3) is 0 Å². The number of hydrogen-bond donors (Lipinski definition) is 2. The Morgan fingerprint density at radius 3 is 2.74 bits per heavy atom. The lowest BCUT2D eigenvalue weighted by Crippen LogP contribution is -2.48. The average Bonchev–Trinajstić information content (AvgIpc) is 2.47. The van der Waals surface area contributed by atoms with Crippen molar-refractivity contribution in [3.05, 3.63) is 35.4 Å². The highest BCUT2D eigenvalue weighted by Gasteiger charge is 2.23. The van der Waals surface area contributed by atoms with Crippen molar-refractivity contribution in [3.63, 3.8) is 0 Å². The fourth-order valence-electron chi connectivity index (χ4n) is 2.23. The number of hydrogen-bond acceptors (Lipinski definition) is 4. The SMILES string of the molecule is CCc1ccc(CN2CCOC(C(N)=NO)C2)cc1. The molecular formula is C14H21N3O2. The summed E-state index contributed by atoms with van der Waals surface area (Å²) in [6.45, 7) is 5.14. The van der Waals surface area contributed by atoms with Crippen LogP contribution >= 0.6 is 0 Å². The maximum absolute atomic E-state index is 8.69. The third kappa shape index (κ3) is 3.68. The molecule has 1 fully saturated rings. The summed E-state index contributed by atoms with van der Waals surface area (Å²) in [5, 5.41) is 11.7. The first kappa shape index (κ1) is 13.8. The molecule has 0 spiro atoms. The summed E-state index contributed by atoms with van der Waals surface area (Å²) in [5.41, 5.74) is 8.21. The van der Waals surface area contributed by atoms with Gasteiger partial charge < -0.3 is 15.7 Å². The molecule has 1 saturated heterocycles. The third-order valence-electron chi connectivity index (χ3n) is 3.43. The molecule has 0 amide bonds. The Kier molecular flexibility index (Phi) is 4.76. The van der Waals surface area contributed by atoms with E-state index in [0.717, 1.165) is 19.5 Å². The molecule has 0 aromatic heterocycles. The van der Waals surface area contributed by atoms with Crippen LogP contribution in [0.4, 0.5) is 0 Å².